The second-order valence-corrected chi connectivity index (χ2v) is 3.60. The summed E-state index contributed by atoms with van der Waals surface area (Å²) in [7, 11) is 1.89. The monoisotopic (exact) mass is 239 g/mol. The molecule has 0 saturated carbocycles. The molecule has 94 valence electrons. The van der Waals surface area contributed by atoms with Crippen molar-refractivity contribution in [2.75, 3.05) is 27.2 Å². The lowest BCUT2D eigenvalue weighted by Crippen LogP contribution is -2.09. The highest BCUT2D eigenvalue weighted by molar-refractivity contribution is 5.51. The first-order valence-electron chi connectivity index (χ1n) is 5.62. The van der Waals surface area contributed by atoms with Gasteiger partial charge in [0.05, 0.1) is 0 Å². The minimum absolute atomic E-state index is 0.243. The predicted molar refractivity (Wildman–Crippen MR) is 62.4 cm³/mol. The van der Waals surface area contributed by atoms with Crippen molar-refractivity contribution in [3.8, 4) is 17.2 Å². The van der Waals surface area contributed by atoms with Crippen molar-refractivity contribution in [1.82, 2.24) is 5.32 Å². The minimum atomic E-state index is 0.243. The van der Waals surface area contributed by atoms with Gasteiger partial charge in [-0.05, 0) is 20.0 Å². The van der Waals surface area contributed by atoms with Crippen molar-refractivity contribution in [3.05, 3.63) is 17.7 Å². The van der Waals surface area contributed by atoms with E-state index in [-0.39, 0.29) is 13.6 Å². The number of rotatable bonds is 6. The summed E-state index contributed by atoms with van der Waals surface area (Å²) in [4.78, 5) is 0. The highest BCUT2D eigenvalue weighted by atomic mass is 16.7. The summed E-state index contributed by atoms with van der Waals surface area (Å²) in [6, 6.07) is 3.77. The van der Waals surface area contributed by atoms with Crippen LogP contribution < -0.4 is 19.5 Å². The van der Waals surface area contributed by atoms with E-state index in [1.165, 1.54) is 0 Å². The van der Waals surface area contributed by atoms with Crippen molar-refractivity contribution >= 4 is 0 Å². The van der Waals surface area contributed by atoms with Crippen LogP contribution in [0.2, 0.25) is 0 Å². The van der Waals surface area contributed by atoms with Crippen LogP contribution in [0.4, 0.5) is 0 Å². The summed E-state index contributed by atoms with van der Waals surface area (Å²) in [5.41, 5.74) is 1.02. The SMILES string of the molecule is CCOCOc1cc2c(cc1CNC)OCO2. The van der Waals surface area contributed by atoms with Crippen molar-refractivity contribution < 1.29 is 18.9 Å². The Hall–Kier alpha value is -1.46. The molecule has 1 aliphatic rings. The lowest BCUT2D eigenvalue weighted by Gasteiger charge is -2.12. The van der Waals surface area contributed by atoms with Gasteiger partial charge in [0.2, 0.25) is 6.79 Å². The topological polar surface area (TPSA) is 49.0 Å². The van der Waals surface area contributed by atoms with Crippen LogP contribution in [0.25, 0.3) is 0 Å². The van der Waals surface area contributed by atoms with Crippen molar-refractivity contribution in [1.29, 1.82) is 0 Å². The summed E-state index contributed by atoms with van der Waals surface area (Å²) in [6.07, 6.45) is 0. The Balaban J connectivity index is 2.15. The first-order chi connectivity index (χ1) is 8.35. The standard InChI is InChI=1S/C12H17NO4/c1-3-14-7-15-10-5-12-11(16-8-17-12)4-9(10)6-13-2/h4-5,13H,3,6-8H2,1-2H3. The molecule has 17 heavy (non-hydrogen) atoms. The number of benzene rings is 1. The molecule has 1 N–H and O–H groups in total. The van der Waals surface area contributed by atoms with Gasteiger partial charge in [0.25, 0.3) is 0 Å². The van der Waals surface area contributed by atoms with Gasteiger partial charge in [-0.25, -0.2) is 0 Å². The van der Waals surface area contributed by atoms with E-state index < -0.39 is 0 Å². The third-order valence-electron chi connectivity index (χ3n) is 2.42. The van der Waals surface area contributed by atoms with Gasteiger partial charge in [0.1, 0.15) is 5.75 Å². The zero-order chi connectivity index (χ0) is 12.1. The molecule has 0 unspecified atom stereocenters. The molecule has 0 spiro atoms. The molecule has 0 aromatic heterocycles. The minimum Gasteiger partial charge on any atom is -0.467 e. The van der Waals surface area contributed by atoms with Gasteiger partial charge < -0.3 is 24.3 Å². The van der Waals surface area contributed by atoms with E-state index in [1.54, 1.807) is 0 Å². The number of hydrogen-bond donors (Lipinski definition) is 1. The maximum absolute atomic E-state index is 5.56. The highest BCUT2D eigenvalue weighted by Gasteiger charge is 2.17. The molecular weight excluding hydrogens is 222 g/mol. The molecular formula is C12H17NO4. The lowest BCUT2D eigenvalue weighted by atomic mass is 10.1. The van der Waals surface area contributed by atoms with E-state index >= 15 is 0 Å². The molecule has 0 bridgehead atoms. The fraction of sp³-hybridized carbons (Fsp3) is 0.500. The van der Waals surface area contributed by atoms with Crippen molar-refractivity contribution in [3.63, 3.8) is 0 Å². The maximum atomic E-state index is 5.56. The summed E-state index contributed by atoms with van der Waals surface area (Å²) < 4.78 is 21.4. The van der Waals surface area contributed by atoms with Crippen LogP contribution in [0.5, 0.6) is 17.2 Å². The van der Waals surface area contributed by atoms with E-state index in [4.69, 9.17) is 18.9 Å². The molecule has 0 fully saturated rings. The van der Waals surface area contributed by atoms with Crippen LogP contribution in [0, 0.1) is 0 Å². The number of ether oxygens (including phenoxy) is 4. The molecule has 1 aliphatic heterocycles. The van der Waals surface area contributed by atoms with E-state index in [1.807, 2.05) is 26.1 Å². The first kappa shape index (κ1) is 12.0. The Kier molecular flexibility index (Phi) is 4.06. The molecule has 2 rings (SSSR count). The largest absolute Gasteiger partial charge is 0.467 e. The fourth-order valence-electron chi connectivity index (χ4n) is 1.62. The molecule has 0 aliphatic carbocycles. The average molecular weight is 239 g/mol. The molecule has 0 saturated heterocycles. The molecule has 1 aromatic rings. The maximum Gasteiger partial charge on any atom is 0.231 e. The normalized spacial score (nSPS) is 12.8. The van der Waals surface area contributed by atoms with Gasteiger partial charge in [0.15, 0.2) is 18.3 Å². The van der Waals surface area contributed by atoms with E-state index in [9.17, 15) is 0 Å². The van der Waals surface area contributed by atoms with Crippen LogP contribution in [0.3, 0.4) is 0 Å². The molecule has 1 heterocycles. The molecule has 0 radical (unpaired) electrons. The van der Waals surface area contributed by atoms with Crippen LogP contribution in [-0.4, -0.2) is 27.2 Å². The van der Waals surface area contributed by atoms with E-state index in [0.29, 0.717) is 13.2 Å². The Morgan fingerprint density at radius 3 is 2.76 bits per heavy atom. The second-order valence-electron chi connectivity index (χ2n) is 3.60. The Morgan fingerprint density at radius 1 is 1.29 bits per heavy atom. The summed E-state index contributed by atoms with van der Waals surface area (Å²) >= 11 is 0. The molecule has 5 nitrogen and oxygen atoms in total. The number of fused-ring (bicyclic) bond motifs is 1. The first-order valence-corrected chi connectivity index (χ1v) is 5.62. The summed E-state index contributed by atoms with van der Waals surface area (Å²) in [5, 5.41) is 3.09. The quantitative estimate of drug-likeness (QED) is 0.602. The molecule has 0 amide bonds. The smallest absolute Gasteiger partial charge is 0.231 e. The third-order valence-corrected chi connectivity index (χ3v) is 2.42. The lowest BCUT2D eigenvalue weighted by molar-refractivity contribution is 0.0217. The highest BCUT2D eigenvalue weighted by Crippen LogP contribution is 2.38. The molecule has 0 atom stereocenters. The van der Waals surface area contributed by atoms with Crippen molar-refractivity contribution in [2.45, 2.75) is 13.5 Å². The average Bonchev–Trinajstić information content (AvgIpc) is 2.77. The predicted octanol–water partition coefficient (Wildman–Crippen LogP) is 1.51. The van der Waals surface area contributed by atoms with Gasteiger partial charge in [-0.3, -0.25) is 0 Å². The van der Waals surface area contributed by atoms with Gasteiger partial charge in [-0.2, -0.15) is 0 Å². The third kappa shape index (κ3) is 2.81. The van der Waals surface area contributed by atoms with Crippen LogP contribution >= 0.6 is 0 Å². The fourth-order valence-corrected chi connectivity index (χ4v) is 1.62. The second kappa shape index (κ2) is 5.75. The van der Waals surface area contributed by atoms with Gasteiger partial charge in [0, 0.05) is 24.8 Å². The summed E-state index contributed by atoms with van der Waals surface area (Å²) in [6.45, 7) is 3.78. The van der Waals surface area contributed by atoms with Gasteiger partial charge >= 0.3 is 0 Å². The Bertz CT molecular complexity index is 381. The van der Waals surface area contributed by atoms with E-state index in [2.05, 4.69) is 5.32 Å². The van der Waals surface area contributed by atoms with Crippen LogP contribution in [0.15, 0.2) is 12.1 Å². The summed E-state index contributed by atoms with van der Waals surface area (Å²) in [5.74, 6) is 2.24. The zero-order valence-electron chi connectivity index (χ0n) is 10.1. The zero-order valence-corrected chi connectivity index (χ0v) is 10.1. The molecule has 5 heteroatoms. The van der Waals surface area contributed by atoms with Crippen LogP contribution in [0.1, 0.15) is 12.5 Å². The van der Waals surface area contributed by atoms with Crippen molar-refractivity contribution in [2.24, 2.45) is 0 Å². The molecule has 1 aromatic carbocycles. The van der Waals surface area contributed by atoms with Crippen LogP contribution in [-0.2, 0) is 11.3 Å². The van der Waals surface area contributed by atoms with Gasteiger partial charge in [-0.1, -0.05) is 0 Å². The number of hydrogen-bond acceptors (Lipinski definition) is 5. The Morgan fingerprint density at radius 2 is 2.06 bits per heavy atom. The van der Waals surface area contributed by atoms with E-state index in [0.717, 1.165) is 22.8 Å². The van der Waals surface area contributed by atoms with Gasteiger partial charge in [-0.15, -0.1) is 0 Å². The Labute approximate surface area is 101 Å². The number of nitrogens with one attached hydrogen (secondary N) is 1.